The summed E-state index contributed by atoms with van der Waals surface area (Å²) in [7, 11) is 0. The fourth-order valence-corrected chi connectivity index (χ4v) is 2.56. The molecule has 0 radical (unpaired) electrons. The first kappa shape index (κ1) is 14.9. The van der Waals surface area contributed by atoms with Crippen molar-refractivity contribution in [2.45, 2.75) is 25.9 Å². The van der Waals surface area contributed by atoms with E-state index in [0.717, 1.165) is 38.2 Å². The Morgan fingerprint density at radius 1 is 1.20 bits per heavy atom. The van der Waals surface area contributed by atoms with Crippen LogP contribution in [0, 0.1) is 23.0 Å². The molecule has 0 aromatic heterocycles. The molecule has 0 N–H and O–H groups in total. The second-order valence-electron chi connectivity index (χ2n) is 5.11. The molecule has 1 aromatic rings. The molecule has 0 aliphatic carbocycles. The van der Waals surface area contributed by atoms with Crippen LogP contribution in [0.3, 0.4) is 0 Å². The van der Waals surface area contributed by atoms with Crippen molar-refractivity contribution in [3.05, 3.63) is 35.4 Å². The number of hydrogen-bond donors (Lipinski definition) is 0. The average Bonchev–Trinajstić information content (AvgIpc) is 2.46. The zero-order valence-corrected chi connectivity index (χ0v) is 11.6. The van der Waals surface area contributed by atoms with Crippen molar-refractivity contribution in [2.75, 3.05) is 26.2 Å². The molecule has 3 nitrogen and oxygen atoms in total. The van der Waals surface area contributed by atoms with Gasteiger partial charge in [0.05, 0.1) is 12.1 Å². The highest BCUT2D eigenvalue weighted by atomic mass is 19.2. The smallest absolute Gasteiger partial charge is 0.159 e. The molecule has 1 saturated heterocycles. The zero-order valence-electron chi connectivity index (χ0n) is 11.6. The Kier molecular flexibility index (Phi) is 5.05. The van der Waals surface area contributed by atoms with Crippen LogP contribution >= 0.6 is 0 Å². The van der Waals surface area contributed by atoms with Crippen molar-refractivity contribution in [1.82, 2.24) is 9.80 Å². The van der Waals surface area contributed by atoms with Crippen molar-refractivity contribution >= 4 is 0 Å². The first-order valence-electron chi connectivity index (χ1n) is 6.94. The Balaban J connectivity index is 1.88. The van der Waals surface area contributed by atoms with E-state index >= 15 is 0 Å². The second kappa shape index (κ2) is 6.78. The quantitative estimate of drug-likeness (QED) is 0.847. The maximum atomic E-state index is 13.2. The average molecular weight is 279 g/mol. The SMILES string of the molecule is CCC(C#N)N1CCN(Cc2ccc(F)c(F)c2)CC1. The molecule has 1 aliphatic rings. The topological polar surface area (TPSA) is 30.3 Å². The van der Waals surface area contributed by atoms with Crippen molar-refractivity contribution in [3.8, 4) is 6.07 Å². The fraction of sp³-hybridized carbons (Fsp3) is 0.533. The van der Waals surface area contributed by atoms with Gasteiger partial charge in [-0.3, -0.25) is 9.80 Å². The molecule has 1 unspecified atom stereocenters. The summed E-state index contributed by atoms with van der Waals surface area (Å²) in [5.41, 5.74) is 0.782. The van der Waals surface area contributed by atoms with Crippen LogP contribution in [0.2, 0.25) is 0 Å². The maximum Gasteiger partial charge on any atom is 0.159 e. The molecule has 1 heterocycles. The molecule has 108 valence electrons. The molecule has 2 rings (SSSR count). The van der Waals surface area contributed by atoms with E-state index in [1.807, 2.05) is 6.92 Å². The van der Waals surface area contributed by atoms with E-state index in [-0.39, 0.29) is 6.04 Å². The highest BCUT2D eigenvalue weighted by Gasteiger charge is 2.22. The van der Waals surface area contributed by atoms with Crippen molar-refractivity contribution in [2.24, 2.45) is 0 Å². The number of halogens is 2. The Labute approximate surface area is 118 Å². The Morgan fingerprint density at radius 2 is 1.90 bits per heavy atom. The van der Waals surface area contributed by atoms with Gasteiger partial charge in [0.2, 0.25) is 0 Å². The lowest BCUT2D eigenvalue weighted by molar-refractivity contribution is 0.108. The lowest BCUT2D eigenvalue weighted by Gasteiger charge is -2.36. The maximum absolute atomic E-state index is 13.2. The van der Waals surface area contributed by atoms with Gasteiger partial charge in [0.15, 0.2) is 11.6 Å². The molecular formula is C15H19F2N3. The minimum atomic E-state index is -0.807. The summed E-state index contributed by atoms with van der Waals surface area (Å²) in [6.07, 6.45) is 0.833. The van der Waals surface area contributed by atoms with Gasteiger partial charge in [-0.2, -0.15) is 5.26 Å². The van der Waals surface area contributed by atoms with Gasteiger partial charge in [-0.25, -0.2) is 8.78 Å². The number of nitriles is 1. The molecule has 0 spiro atoms. The highest BCUT2D eigenvalue weighted by Crippen LogP contribution is 2.14. The minimum absolute atomic E-state index is 0.0135. The molecular weight excluding hydrogens is 260 g/mol. The Hall–Kier alpha value is -1.51. The largest absolute Gasteiger partial charge is 0.297 e. The third-order valence-electron chi connectivity index (χ3n) is 3.77. The van der Waals surface area contributed by atoms with Crippen molar-refractivity contribution < 1.29 is 8.78 Å². The van der Waals surface area contributed by atoms with Crippen LogP contribution in [-0.4, -0.2) is 42.0 Å². The highest BCUT2D eigenvalue weighted by molar-refractivity contribution is 5.17. The lowest BCUT2D eigenvalue weighted by Crippen LogP contribution is -2.49. The molecule has 0 saturated carbocycles. The van der Waals surface area contributed by atoms with Crippen molar-refractivity contribution in [1.29, 1.82) is 5.26 Å². The predicted molar refractivity (Wildman–Crippen MR) is 72.9 cm³/mol. The standard InChI is InChI=1S/C15H19F2N3/c1-2-13(10-18)20-7-5-19(6-8-20)11-12-3-4-14(16)15(17)9-12/h3-4,9,13H,2,5-8,11H2,1H3. The number of piperazine rings is 1. The Bertz CT molecular complexity index is 490. The molecule has 1 fully saturated rings. The van der Waals surface area contributed by atoms with Gasteiger partial charge in [-0.05, 0) is 24.1 Å². The van der Waals surface area contributed by atoms with Crippen LogP contribution in [0.15, 0.2) is 18.2 Å². The van der Waals surface area contributed by atoms with Gasteiger partial charge < -0.3 is 0 Å². The zero-order chi connectivity index (χ0) is 14.5. The van der Waals surface area contributed by atoms with E-state index in [0.29, 0.717) is 6.54 Å². The van der Waals surface area contributed by atoms with Gasteiger partial charge >= 0.3 is 0 Å². The van der Waals surface area contributed by atoms with Crippen LogP contribution in [-0.2, 0) is 6.54 Å². The van der Waals surface area contributed by atoms with Gasteiger partial charge in [0.1, 0.15) is 0 Å². The summed E-state index contributed by atoms with van der Waals surface area (Å²) >= 11 is 0. The third-order valence-corrected chi connectivity index (χ3v) is 3.77. The van der Waals surface area contributed by atoms with Crippen LogP contribution in [0.5, 0.6) is 0 Å². The number of rotatable bonds is 4. The van der Waals surface area contributed by atoms with Gasteiger partial charge in [-0.1, -0.05) is 13.0 Å². The first-order chi connectivity index (χ1) is 9.63. The third kappa shape index (κ3) is 3.53. The molecule has 1 aliphatic heterocycles. The number of benzene rings is 1. The van der Waals surface area contributed by atoms with E-state index in [1.165, 1.54) is 12.1 Å². The molecule has 20 heavy (non-hydrogen) atoms. The second-order valence-corrected chi connectivity index (χ2v) is 5.11. The van der Waals surface area contributed by atoms with Gasteiger partial charge in [0, 0.05) is 32.7 Å². The number of nitrogens with zero attached hydrogens (tertiary/aromatic N) is 3. The Morgan fingerprint density at radius 3 is 2.45 bits per heavy atom. The van der Waals surface area contributed by atoms with E-state index in [9.17, 15) is 8.78 Å². The molecule has 5 heteroatoms. The number of hydrogen-bond acceptors (Lipinski definition) is 3. The predicted octanol–water partition coefficient (Wildman–Crippen LogP) is 2.38. The van der Waals surface area contributed by atoms with Gasteiger partial charge in [-0.15, -0.1) is 0 Å². The monoisotopic (exact) mass is 279 g/mol. The first-order valence-corrected chi connectivity index (χ1v) is 6.94. The summed E-state index contributed by atoms with van der Waals surface area (Å²) in [6, 6.07) is 6.35. The van der Waals surface area contributed by atoms with Crippen LogP contribution in [0.1, 0.15) is 18.9 Å². The summed E-state index contributed by atoms with van der Waals surface area (Å²) in [4.78, 5) is 4.38. The van der Waals surface area contributed by atoms with Gasteiger partial charge in [0.25, 0.3) is 0 Å². The normalized spacial score (nSPS) is 18.7. The fourth-order valence-electron chi connectivity index (χ4n) is 2.56. The van der Waals surface area contributed by atoms with Crippen molar-refractivity contribution in [3.63, 3.8) is 0 Å². The van der Waals surface area contributed by atoms with Crippen LogP contribution in [0.25, 0.3) is 0 Å². The van der Waals surface area contributed by atoms with E-state index in [4.69, 9.17) is 5.26 Å². The van der Waals surface area contributed by atoms with E-state index in [2.05, 4.69) is 15.9 Å². The summed E-state index contributed by atoms with van der Waals surface area (Å²) in [5.74, 6) is -1.60. The van der Waals surface area contributed by atoms with Crippen LogP contribution < -0.4 is 0 Å². The van der Waals surface area contributed by atoms with E-state index in [1.54, 1.807) is 6.07 Å². The molecule has 0 amide bonds. The molecule has 1 atom stereocenters. The van der Waals surface area contributed by atoms with E-state index < -0.39 is 11.6 Å². The molecule has 0 bridgehead atoms. The lowest BCUT2D eigenvalue weighted by atomic mass is 10.1. The summed E-state index contributed by atoms with van der Waals surface area (Å²) in [6.45, 7) is 6.01. The minimum Gasteiger partial charge on any atom is -0.297 e. The van der Waals surface area contributed by atoms with Crippen LogP contribution in [0.4, 0.5) is 8.78 Å². The summed E-state index contributed by atoms with van der Waals surface area (Å²) < 4.78 is 26.0. The summed E-state index contributed by atoms with van der Waals surface area (Å²) in [5, 5.41) is 9.05. The molecule has 1 aromatic carbocycles.